The maximum atomic E-state index is 15.0. The molecule has 0 amide bonds. The highest BCUT2D eigenvalue weighted by Gasteiger charge is 2.37. The van der Waals surface area contributed by atoms with Gasteiger partial charge in [-0.3, -0.25) is 0 Å². The summed E-state index contributed by atoms with van der Waals surface area (Å²) in [5.41, 5.74) is 7.71. The Morgan fingerprint density at radius 2 is 1.91 bits per heavy atom. The first-order valence-electron chi connectivity index (χ1n) is 10.7. The summed E-state index contributed by atoms with van der Waals surface area (Å²) in [6.07, 6.45) is 3.86. The van der Waals surface area contributed by atoms with Crippen molar-refractivity contribution in [3.63, 3.8) is 0 Å². The standard InChI is InChI=1S/C24H22F3N5O2/c1-24(2,28)22-29-9-12(10-30-22)15-11-32-19(8-16(15)25)31-20-17(33)7-14(21(20)32)13-5-3-4-6-18(13)34-23(26)27/h3-6,8-11,14,17,23,33H,7,28H2,1-2H3/t14-,17-/m1/s1. The van der Waals surface area contributed by atoms with Crippen molar-refractivity contribution >= 4 is 5.65 Å². The van der Waals surface area contributed by atoms with Gasteiger partial charge in [-0.2, -0.15) is 8.78 Å². The molecule has 0 unspecified atom stereocenters. The zero-order valence-corrected chi connectivity index (χ0v) is 18.4. The van der Waals surface area contributed by atoms with Gasteiger partial charge in [0.15, 0.2) is 0 Å². The molecule has 10 heteroatoms. The van der Waals surface area contributed by atoms with Gasteiger partial charge in [0.2, 0.25) is 0 Å². The molecule has 0 saturated carbocycles. The maximum Gasteiger partial charge on any atom is 0.387 e. The summed E-state index contributed by atoms with van der Waals surface area (Å²) in [4.78, 5) is 13.0. The molecule has 0 spiro atoms. The third-order valence-corrected chi connectivity index (χ3v) is 5.93. The molecule has 3 aromatic heterocycles. The summed E-state index contributed by atoms with van der Waals surface area (Å²) in [5, 5.41) is 10.7. The minimum Gasteiger partial charge on any atom is -0.435 e. The van der Waals surface area contributed by atoms with Crippen LogP contribution in [0.3, 0.4) is 0 Å². The SMILES string of the molecule is CC(C)(N)c1ncc(-c2cn3c4c(nc3cc2F)[C@H](O)C[C@@H]4c2ccccc2OC(F)F)cn1. The van der Waals surface area contributed by atoms with Crippen LogP contribution >= 0.6 is 0 Å². The molecule has 0 bridgehead atoms. The highest BCUT2D eigenvalue weighted by atomic mass is 19.3. The first kappa shape index (κ1) is 22.3. The van der Waals surface area contributed by atoms with Crippen molar-refractivity contribution in [2.45, 2.75) is 44.4 Å². The first-order valence-corrected chi connectivity index (χ1v) is 10.7. The van der Waals surface area contributed by atoms with Gasteiger partial charge in [-0.15, -0.1) is 0 Å². The third kappa shape index (κ3) is 3.78. The number of aromatic nitrogens is 4. The summed E-state index contributed by atoms with van der Waals surface area (Å²) in [5.74, 6) is -0.578. The van der Waals surface area contributed by atoms with E-state index < -0.39 is 30.0 Å². The predicted molar refractivity (Wildman–Crippen MR) is 118 cm³/mol. The number of ether oxygens (including phenoxy) is 1. The normalized spacial score (nSPS) is 18.0. The molecule has 1 aliphatic carbocycles. The van der Waals surface area contributed by atoms with Crippen LogP contribution in [0.1, 0.15) is 55.1 Å². The van der Waals surface area contributed by atoms with Crippen molar-refractivity contribution in [2.75, 3.05) is 0 Å². The van der Waals surface area contributed by atoms with Crippen molar-refractivity contribution in [2.24, 2.45) is 5.73 Å². The number of para-hydroxylation sites is 1. The molecule has 7 nitrogen and oxygen atoms in total. The summed E-state index contributed by atoms with van der Waals surface area (Å²) in [6.45, 7) is 0.547. The summed E-state index contributed by atoms with van der Waals surface area (Å²) in [7, 11) is 0. The molecule has 0 radical (unpaired) electrons. The van der Waals surface area contributed by atoms with Gasteiger partial charge in [0.05, 0.1) is 23.0 Å². The maximum absolute atomic E-state index is 15.0. The Bertz CT molecular complexity index is 1370. The topological polar surface area (TPSA) is 98.6 Å². The molecule has 3 heterocycles. The molecule has 0 saturated heterocycles. The minimum absolute atomic E-state index is 0.0215. The van der Waals surface area contributed by atoms with Gasteiger partial charge in [0.1, 0.15) is 23.0 Å². The van der Waals surface area contributed by atoms with Gasteiger partial charge < -0.3 is 20.0 Å². The summed E-state index contributed by atoms with van der Waals surface area (Å²) >= 11 is 0. The molecular formula is C24H22F3N5O2. The molecule has 34 heavy (non-hydrogen) atoms. The highest BCUT2D eigenvalue weighted by Crippen LogP contribution is 2.47. The van der Waals surface area contributed by atoms with Crippen molar-refractivity contribution < 1.29 is 23.0 Å². The monoisotopic (exact) mass is 469 g/mol. The molecule has 2 atom stereocenters. The van der Waals surface area contributed by atoms with E-state index in [2.05, 4.69) is 15.0 Å². The first-order chi connectivity index (χ1) is 16.1. The van der Waals surface area contributed by atoms with Crippen LogP contribution in [-0.2, 0) is 5.54 Å². The van der Waals surface area contributed by atoms with Crippen LogP contribution in [0.15, 0.2) is 48.9 Å². The number of imidazole rings is 1. The second kappa shape index (κ2) is 8.07. The Balaban J connectivity index is 1.64. The number of rotatable bonds is 5. The van der Waals surface area contributed by atoms with Crippen LogP contribution < -0.4 is 10.5 Å². The van der Waals surface area contributed by atoms with E-state index in [0.717, 1.165) is 0 Å². The van der Waals surface area contributed by atoms with Crippen LogP contribution in [0.5, 0.6) is 5.75 Å². The molecule has 0 aliphatic heterocycles. The van der Waals surface area contributed by atoms with Gasteiger partial charge in [0, 0.05) is 47.3 Å². The van der Waals surface area contributed by atoms with Crippen molar-refractivity contribution in [1.29, 1.82) is 0 Å². The lowest BCUT2D eigenvalue weighted by Crippen LogP contribution is -2.31. The number of pyridine rings is 1. The lowest BCUT2D eigenvalue weighted by Gasteiger charge is -2.18. The van der Waals surface area contributed by atoms with Crippen LogP contribution in [0.4, 0.5) is 13.2 Å². The number of hydrogen-bond acceptors (Lipinski definition) is 6. The fraction of sp³-hybridized carbons (Fsp3) is 0.292. The Morgan fingerprint density at radius 1 is 1.21 bits per heavy atom. The smallest absolute Gasteiger partial charge is 0.387 e. The molecular weight excluding hydrogens is 447 g/mol. The van der Waals surface area contributed by atoms with E-state index >= 15 is 4.39 Å². The molecule has 176 valence electrons. The van der Waals surface area contributed by atoms with Gasteiger partial charge in [-0.25, -0.2) is 19.3 Å². The zero-order valence-electron chi connectivity index (χ0n) is 18.4. The van der Waals surface area contributed by atoms with E-state index in [1.54, 1.807) is 42.6 Å². The fourth-order valence-electron chi connectivity index (χ4n) is 4.40. The minimum atomic E-state index is -2.99. The molecule has 5 rings (SSSR count). The predicted octanol–water partition coefficient (Wildman–Crippen LogP) is 4.29. The number of hydrogen-bond donors (Lipinski definition) is 2. The molecule has 0 fully saturated rings. The number of nitrogens with zero attached hydrogens (tertiary/aromatic N) is 4. The van der Waals surface area contributed by atoms with E-state index in [1.165, 1.54) is 24.5 Å². The second-order valence-corrected chi connectivity index (χ2v) is 8.88. The van der Waals surface area contributed by atoms with E-state index in [1.807, 2.05) is 0 Å². The molecule has 4 aromatic rings. The molecule has 3 N–H and O–H groups in total. The fourth-order valence-corrected chi connectivity index (χ4v) is 4.40. The van der Waals surface area contributed by atoms with E-state index in [-0.39, 0.29) is 17.7 Å². The lowest BCUT2D eigenvalue weighted by molar-refractivity contribution is -0.0506. The Kier molecular flexibility index (Phi) is 5.29. The summed E-state index contributed by atoms with van der Waals surface area (Å²) < 4.78 is 47.4. The van der Waals surface area contributed by atoms with Crippen molar-refractivity contribution in [3.05, 3.63) is 77.5 Å². The Morgan fingerprint density at radius 3 is 2.59 bits per heavy atom. The van der Waals surface area contributed by atoms with Crippen LogP contribution in [-0.4, -0.2) is 31.1 Å². The number of aliphatic hydroxyl groups excluding tert-OH is 1. The summed E-state index contributed by atoms with van der Waals surface area (Å²) in [6, 6.07) is 7.71. The van der Waals surface area contributed by atoms with Crippen LogP contribution in [0.2, 0.25) is 0 Å². The van der Waals surface area contributed by atoms with Gasteiger partial charge in [0.25, 0.3) is 0 Å². The second-order valence-electron chi connectivity index (χ2n) is 8.88. The van der Waals surface area contributed by atoms with Crippen LogP contribution in [0.25, 0.3) is 16.8 Å². The van der Waals surface area contributed by atoms with Crippen molar-refractivity contribution in [1.82, 2.24) is 19.4 Å². The molecule has 1 aromatic carbocycles. The Labute approximate surface area is 193 Å². The van der Waals surface area contributed by atoms with Crippen LogP contribution in [0, 0.1) is 5.82 Å². The van der Waals surface area contributed by atoms with E-state index in [4.69, 9.17) is 10.5 Å². The Hall–Kier alpha value is -3.50. The number of alkyl halides is 2. The number of fused-ring (bicyclic) bond motifs is 3. The highest BCUT2D eigenvalue weighted by molar-refractivity contribution is 5.65. The van der Waals surface area contributed by atoms with Gasteiger partial charge in [-0.05, 0) is 26.3 Å². The number of halogens is 3. The van der Waals surface area contributed by atoms with Gasteiger partial charge >= 0.3 is 6.61 Å². The average molecular weight is 469 g/mol. The number of aliphatic hydroxyl groups is 1. The number of benzene rings is 1. The largest absolute Gasteiger partial charge is 0.435 e. The van der Waals surface area contributed by atoms with Gasteiger partial charge in [-0.1, -0.05) is 18.2 Å². The zero-order chi connectivity index (χ0) is 24.2. The van der Waals surface area contributed by atoms with E-state index in [0.29, 0.717) is 34.0 Å². The molecule has 1 aliphatic rings. The quantitative estimate of drug-likeness (QED) is 0.452. The number of nitrogens with two attached hydrogens (primary N) is 1. The third-order valence-electron chi connectivity index (χ3n) is 5.93. The average Bonchev–Trinajstić information content (AvgIpc) is 3.29. The van der Waals surface area contributed by atoms with Crippen molar-refractivity contribution in [3.8, 4) is 16.9 Å². The lowest BCUT2D eigenvalue weighted by atomic mass is 9.95. The van der Waals surface area contributed by atoms with E-state index in [9.17, 15) is 13.9 Å².